The normalized spacial score (nSPS) is 41.4. The maximum absolute atomic E-state index is 13.0. The van der Waals surface area contributed by atoms with E-state index in [0.717, 1.165) is 0 Å². The van der Waals surface area contributed by atoms with Crippen LogP contribution in [0.3, 0.4) is 0 Å². The number of allylic oxidation sites excluding steroid dienone is 4. The van der Waals surface area contributed by atoms with Gasteiger partial charge in [-0.2, -0.15) is 0 Å². The van der Waals surface area contributed by atoms with Crippen LogP contribution in [0.4, 0.5) is 4.39 Å². The van der Waals surface area contributed by atoms with Gasteiger partial charge in [-0.25, -0.2) is 4.39 Å². The molecule has 0 aliphatic heterocycles. The van der Waals surface area contributed by atoms with Crippen molar-refractivity contribution in [3.63, 3.8) is 0 Å². The molecule has 2 unspecified atom stereocenters. The second kappa shape index (κ2) is 2.25. The Balaban J connectivity index is 2.78. The summed E-state index contributed by atoms with van der Waals surface area (Å²) < 4.78 is 11.7. The van der Waals surface area contributed by atoms with Crippen LogP contribution in [0.25, 0.3) is 0 Å². The minimum atomic E-state index is -1.32. The summed E-state index contributed by atoms with van der Waals surface area (Å²) in [6.07, 6.45) is 6.89. The van der Waals surface area contributed by atoms with Gasteiger partial charge in [-0.1, -0.05) is 25.2 Å². The second-order valence-corrected chi connectivity index (χ2v) is 3.42. The Hall–Kier alpha value is -0.110. The average Bonchev–Trinajstić information content (AvgIpc) is 1.77. The fourth-order valence-corrected chi connectivity index (χ4v) is 1.000. The van der Waals surface area contributed by atoms with Crippen LogP contribution in [0.1, 0.15) is 6.92 Å². The zero-order valence-electron chi connectivity index (χ0n) is 5.14. The minimum Gasteiger partial charge on any atom is -0.226 e. The van der Waals surface area contributed by atoms with Crippen molar-refractivity contribution in [3.8, 4) is 0 Å². The van der Waals surface area contributed by atoms with Crippen LogP contribution in [0.2, 0.25) is 0 Å². The third-order valence-electron chi connectivity index (χ3n) is 1.44. The zero-order chi connectivity index (χ0) is 6.91. The Kier molecular flexibility index (Phi) is 1.75. The molecular weight excluding hydrogens is 183 g/mol. The summed E-state index contributed by atoms with van der Waals surface area (Å²) in [5.41, 5.74) is 0. The fourth-order valence-electron chi connectivity index (χ4n) is 0.695. The van der Waals surface area contributed by atoms with Gasteiger partial charge in [0.1, 0.15) is 0 Å². The van der Waals surface area contributed by atoms with E-state index in [9.17, 15) is 4.39 Å². The largest absolute Gasteiger partial charge is 0.226 e. The molecule has 0 amide bonds. The maximum atomic E-state index is 13.0. The van der Waals surface area contributed by atoms with E-state index in [1.807, 2.05) is 19.1 Å². The number of hydrogen-bond acceptors (Lipinski definition) is 0. The third-order valence-corrected chi connectivity index (χ3v) is 2.42. The van der Waals surface area contributed by atoms with Crippen LogP contribution >= 0.6 is 15.9 Å². The van der Waals surface area contributed by atoms with E-state index in [0.29, 0.717) is 0 Å². The lowest BCUT2D eigenvalue weighted by Crippen LogP contribution is -2.20. The molecule has 2 atom stereocenters. The van der Waals surface area contributed by atoms with Gasteiger partial charge in [-0.15, -0.1) is 0 Å². The highest BCUT2D eigenvalue weighted by Gasteiger charge is 2.29. The van der Waals surface area contributed by atoms with E-state index in [1.54, 1.807) is 6.08 Å². The molecule has 0 saturated carbocycles. The van der Waals surface area contributed by atoms with Crippen molar-refractivity contribution in [2.24, 2.45) is 5.92 Å². The Morgan fingerprint density at radius 2 is 2.22 bits per heavy atom. The first kappa shape index (κ1) is 7.00. The van der Waals surface area contributed by atoms with Gasteiger partial charge in [0.15, 0.2) is 4.58 Å². The highest BCUT2D eigenvalue weighted by molar-refractivity contribution is 9.10. The van der Waals surface area contributed by atoms with Crippen molar-refractivity contribution in [1.29, 1.82) is 0 Å². The quantitative estimate of drug-likeness (QED) is 0.516. The molecule has 9 heavy (non-hydrogen) atoms. The number of rotatable bonds is 0. The number of hydrogen-bond donors (Lipinski definition) is 0. The molecular formula is C7H8BrF. The van der Waals surface area contributed by atoms with Gasteiger partial charge >= 0.3 is 0 Å². The molecule has 1 aliphatic rings. The van der Waals surface area contributed by atoms with Crippen LogP contribution in [0, 0.1) is 5.92 Å². The van der Waals surface area contributed by atoms with E-state index >= 15 is 0 Å². The molecule has 0 aromatic heterocycles. The third kappa shape index (κ3) is 1.42. The summed E-state index contributed by atoms with van der Waals surface area (Å²) in [5, 5.41) is 0. The molecule has 0 aromatic carbocycles. The van der Waals surface area contributed by atoms with Gasteiger partial charge in [-0.3, -0.25) is 0 Å². The highest BCUT2D eigenvalue weighted by Crippen LogP contribution is 2.33. The lowest BCUT2D eigenvalue weighted by molar-refractivity contribution is 0.301. The molecule has 0 aromatic rings. The molecule has 0 N–H and O–H groups in total. The lowest BCUT2D eigenvalue weighted by atomic mass is 10.0. The first-order valence-electron chi connectivity index (χ1n) is 2.87. The molecule has 0 heterocycles. The van der Waals surface area contributed by atoms with Crippen LogP contribution in [-0.2, 0) is 0 Å². The van der Waals surface area contributed by atoms with Crippen molar-refractivity contribution in [2.45, 2.75) is 11.5 Å². The molecule has 1 rings (SSSR count). The first-order chi connectivity index (χ1) is 4.13. The summed E-state index contributed by atoms with van der Waals surface area (Å²) >= 11 is 2.95. The molecule has 50 valence electrons. The van der Waals surface area contributed by atoms with Crippen LogP contribution in [0.5, 0.6) is 0 Å². The van der Waals surface area contributed by atoms with E-state index in [1.165, 1.54) is 6.08 Å². The molecule has 1 aliphatic carbocycles. The van der Waals surface area contributed by atoms with Gasteiger partial charge in [0.25, 0.3) is 0 Å². The fraction of sp³-hybridized carbons (Fsp3) is 0.429. The topological polar surface area (TPSA) is 0 Å². The lowest BCUT2D eigenvalue weighted by Gasteiger charge is -2.21. The second-order valence-electron chi connectivity index (χ2n) is 2.21. The van der Waals surface area contributed by atoms with E-state index in [-0.39, 0.29) is 5.92 Å². The van der Waals surface area contributed by atoms with Gasteiger partial charge in [0.2, 0.25) is 0 Å². The summed E-state index contributed by atoms with van der Waals surface area (Å²) in [7, 11) is 0. The van der Waals surface area contributed by atoms with Gasteiger partial charge < -0.3 is 0 Å². The van der Waals surface area contributed by atoms with Crippen LogP contribution < -0.4 is 0 Å². The molecule has 0 fully saturated rings. The van der Waals surface area contributed by atoms with E-state index < -0.39 is 4.58 Å². The standard InChI is InChI=1S/C7H8BrF/c1-6-4-2-3-5-7(6,8)9/h2-6H,1H3. The van der Waals surface area contributed by atoms with E-state index in [4.69, 9.17) is 0 Å². The Morgan fingerprint density at radius 1 is 1.56 bits per heavy atom. The summed E-state index contributed by atoms with van der Waals surface area (Å²) in [5.74, 6) is -0.0671. The Morgan fingerprint density at radius 3 is 2.56 bits per heavy atom. The predicted octanol–water partition coefficient (Wildman–Crippen LogP) is 2.81. The van der Waals surface area contributed by atoms with Gasteiger partial charge in [0.05, 0.1) is 0 Å². The molecule has 0 saturated heterocycles. The average molecular weight is 191 g/mol. The summed E-state index contributed by atoms with van der Waals surface area (Å²) in [4.78, 5) is 0. The smallest absolute Gasteiger partial charge is 0.189 e. The summed E-state index contributed by atoms with van der Waals surface area (Å²) in [6.45, 7) is 1.83. The molecule has 2 heteroatoms. The van der Waals surface area contributed by atoms with Gasteiger partial charge in [-0.05, 0) is 22.0 Å². The van der Waals surface area contributed by atoms with Crippen molar-refractivity contribution < 1.29 is 4.39 Å². The SMILES string of the molecule is CC1C=CC=CC1(F)Br. The van der Waals surface area contributed by atoms with Crippen molar-refractivity contribution in [2.75, 3.05) is 0 Å². The van der Waals surface area contributed by atoms with E-state index in [2.05, 4.69) is 15.9 Å². The van der Waals surface area contributed by atoms with Crippen LogP contribution in [-0.4, -0.2) is 4.58 Å². The zero-order valence-corrected chi connectivity index (χ0v) is 6.73. The van der Waals surface area contributed by atoms with Crippen molar-refractivity contribution >= 4 is 15.9 Å². The first-order valence-corrected chi connectivity index (χ1v) is 3.66. The van der Waals surface area contributed by atoms with Crippen molar-refractivity contribution in [3.05, 3.63) is 24.3 Å². The highest BCUT2D eigenvalue weighted by atomic mass is 79.9. The number of alkyl halides is 2. The monoisotopic (exact) mass is 190 g/mol. The molecule has 0 radical (unpaired) electrons. The number of halogens is 2. The summed E-state index contributed by atoms with van der Waals surface area (Å²) in [6, 6.07) is 0. The van der Waals surface area contributed by atoms with Gasteiger partial charge in [0, 0.05) is 5.92 Å². The minimum absolute atomic E-state index is 0.0671. The molecule has 0 bridgehead atoms. The van der Waals surface area contributed by atoms with Crippen molar-refractivity contribution in [1.82, 2.24) is 0 Å². The maximum Gasteiger partial charge on any atom is 0.189 e. The molecule has 0 spiro atoms. The Bertz CT molecular complexity index is 158. The Labute approximate surface area is 62.6 Å². The molecule has 0 nitrogen and oxygen atoms in total. The predicted molar refractivity (Wildman–Crippen MR) is 40.2 cm³/mol. The van der Waals surface area contributed by atoms with Crippen LogP contribution in [0.15, 0.2) is 24.3 Å².